The van der Waals surface area contributed by atoms with Gasteiger partial charge < -0.3 is 19.5 Å². The molecule has 1 amide bonds. The molecule has 1 N–H and O–H groups in total. The van der Waals surface area contributed by atoms with E-state index in [9.17, 15) is 4.79 Å². The highest BCUT2D eigenvalue weighted by Crippen LogP contribution is 2.32. The Morgan fingerprint density at radius 2 is 1.92 bits per heavy atom. The number of aryl methyl sites for hydroxylation is 1. The summed E-state index contributed by atoms with van der Waals surface area (Å²) in [5.74, 6) is 2.04. The second kappa shape index (κ2) is 8.13. The third-order valence-electron chi connectivity index (χ3n) is 4.36. The van der Waals surface area contributed by atoms with Gasteiger partial charge in [-0.1, -0.05) is 25.1 Å². The zero-order chi connectivity index (χ0) is 18.5. The summed E-state index contributed by atoms with van der Waals surface area (Å²) >= 11 is 0. The third kappa shape index (κ3) is 4.28. The standard InChI is InChI=1S/C21H25NO4/c1-4-18(26-17-7-5-6-14(2)12-17)21(23)22-15(3)16-8-9-19-20(13-16)25-11-10-24-19/h5-9,12-13,15,18H,4,10-11H2,1-3H3,(H,22,23)/t15-,18-/m1/s1. The lowest BCUT2D eigenvalue weighted by atomic mass is 10.1. The van der Waals surface area contributed by atoms with Crippen molar-refractivity contribution < 1.29 is 19.0 Å². The van der Waals surface area contributed by atoms with Gasteiger partial charge in [-0.2, -0.15) is 0 Å². The van der Waals surface area contributed by atoms with E-state index in [0.717, 1.165) is 22.6 Å². The van der Waals surface area contributed by atoms with Gasteiger partial charge in [-0.3, -0.25) is 4.79 Å². The van der Waals surface area contributed by atoms with E-state index in [-0.39, 0.29) is 11.9 Å². The lowest BCUT2D eigenvalue weighted by molar-refractivity contribution is -0.128. The first-order chi connectivity index (χ1) is 12.6. The summed E-state index contributed by atoms with van der Waals surface area (Å²) in [6.45, 7) is 6.99. The van der Waals surface area contributed by atoms with Crippen LogP contribution in [-0.2, 0) is 4.79 Å². The van der Waals surface area contributed by atoms with E-state index in [1.54, 1.807) is 0 Å². The number of hydrogen-bond donors (Lipinski definition) is 1. The van der Waals surface area contributed by atoms with Crippen molar-refractivity contribution in [2.45, 2.75) is 39.3 Å². The number of ether oxygens (including phenoxy) is 3. The van der Waals surface area contributed by atoms with Gasteiger partial charge in [0.2, 0.25) is 0 Å². The first kappa shape index (κ1) is 18.1. The molecule has 0 unspecified atom stereocenters. The summed E-state index contributed by atoms with van der Waals surface area (Å²) in [5, 5.41) is 3.03. The molecule has 0 saturated carbocycles. The molecule has 0 aromatic heterocycles. The van der Waals surface area contributed by atoms with Gasteiger partial charge in [-0.15, -0.1) is 0 Å². The maximum Gasteiger partial charge on any atom is 0.261 e. The first-order valence-corrected chi connectivity index (χ1v) is 9.00. The summed E-state index contributed by atoms with van der Waals surface area (Å²) in [6.07, 6.45) is 0.0599. The lowest BCUT2D eigenvalue weighted by Crippen LogP contribution is -2.39. The van der Waals surface area contributed by atoms with E-state index in [2.05, 4.69) is 5.32 Å². The molecule has 0 saturated heterocycles. The van der Waals surface area contributed by atoms with Crippen LogP contribution in [-0.4, -0.2) is 25.2 Å². The molecule has 2 aromatic rings. The Kier molecular flexibility index (Phi) is 5.66. The summed E-state index contributed by atoms with van der Waals surface area (Å²) in [7, 11) is 0. The van der Waals surface area contributed by atoms with Gasteiger partial charge in [0.05, 0.1) is 6.04 Å². The predicted octanol–water partition coefficient (Wildman–Crippen LogP) is 3.80. The molecule has 2 aromatic carbocycles. The van der Waals surface area contributed by atoms with Gasteiger partial charge in [-0.05, 0) is 55.7 Å². The molecule has 3 rings (SSSR count). The maximum absolute atomic E-state index is 12.6. The molecule has 26 heavy (non-hydrogen) atoms. The Morgan fingerprint density at radius 3 is 2.65 bits per heavy atom. The van der Waals surface area contributed by atoms with Crippen molar-refractivity contribution in [3.63, 3.8) is 0 Å². The van der Waals surface area contributed by atoms with Crippen LogP contribution in [0.3, 0.4) is 0 Å². The van der Waals surface area contributed by atoms with E-state index in [0.29, 0.717) is 25.4 Å². The van der Waals surface area contributed by atoms with Crippen molar-refractivity contribution in [1.82, 2.24) is 5.32 Å². The van der Waals surface area contributed by atoms with Crippen LogP contribution in [0.5, 0.6) is 17.2 Å². The van der Waals surface area contributed by atoms with Gasteiger partial charge in [0.15, 0.2) is 17.6 Å². The van der Waals surface area contributed by atoms with Gasteiger partial charge >= 0.3 is 0 Å². The summed E-state index contributed by atoms with van der Waals surface area (Å²) < 4.78 is 17.0. The highest BCUT2D eigenvalue weighted by molar-refractivity contribution is 5.81. The minimum atomic E-state index is -0.531. The van der Waals surface area contributed by atoms with Crippen LogP contribution in [0, 0.1) is 6.92 Å². The number of carbonyl (C=O) groups is 1. The number of hydrogen-bond acceptors (Lipinski definition) is 4. The zero-order valence-electron chi connectivity index (χ0n) is 15.5. The molecule has 0 bridgehead atoms. The Morgan fingerprint density at radius 1 is 1.15 bits per heavy atom. The van der Waals surface area contributed by atoms with Crippen molar-refractivity contribution in [3.05, 3.63) is 53.6 Å². The van der Waals surface area contributed by atoms with Gasteiger partial charge in [0.25, 0.3) is 5.91 Å². The molecule has 0 spiro atoms. The van der Waals surface area contributed by atoms with E-state index >= 15 is 0 Å². The minimum absolute atomic E-state index is 0.128. The van der Waals surface area contributed by atoms with E-state index < -0.39 is 6.10 Å². The number of benzene rings is 2. The van der Waals surface area contributed by atoms with E-state index in [1.165, 1.54) is 0 Å². The molecule has 2 atom stereocenters. The number of nitrogens with one attached hydrogen (secondary N) is 1. The number of carbonyl (C=O) groups excluding carboxylic acids is 1. The van der Waals surface area contributed by atoms with Crippen molar-refractivity contribution >= 4 is 5.91 Å². The number of amides is 1. The van der Waals surface area contributed by atoms with Crippen LogP contribution in [0.2, 0.25) is 0 Å². The van der Waals surface area contributed by atoms with Crippen molar-refractivity contribution in [2.75, 3.05) is 13.2 Å². The van der Waals surface area contributed by atoms with Crippen LogP contribution in [0.4, 0.5) is 0 Å². The van der Waals surface area contributed by atoms with Crippen molar-refractivity contribution in [2.24, 2.45) is 0 Å². The fraction of sp³-hybridized carbons (Fsp3) is 0.381. The molecule has 1 aliphatic rings. The Labute approximate surface area is 154 Å². The minimum Gasteiger partial charge on any atom is -0.486 e. The molecule has 5 nitrogen and oxygen atoms in total. The molecule has 1 aliphatic heterocycles. The second-order valence-electron chi connectivity index (χ2n) is 6.46. The monoisotopic (exact) mass is 355 g/mol. The molecule has 1 heterocycles. The van der Waals surface area contributed by atoms with Gasteiger partial charge in [0, 0.05) is 0 Å². The van der Waals surface area contributed by atoms with Crippen molar-refractivity contribution in [3.8, 4) is 17.2 Å². The molecule has 0 fully saturated rings. The maximum atomic E-state index is 12.6. The summed E-state index contributed by atoms with van der Waals surface area (Å²) in [5.41, 5.74) is 2.07. The number of rotatable bonds is 6. The highest BCUT2D eigenvalue weighted by atomic mass is 16.6. The topological polar surface area (TPSA) is 56.8 Å². The molecular formula is C21H25NO4. The zero-order valence-corrected chi connectivity index (χ0v) is 15.5. The Bertz CT molecular complexity index is 774. The molecule has 0 radical (unpaired) electrons. The average molecular weight is 355 g/mol. The SMILES string of the molecule is CC[C@@H](Oc1cccc(C)c1)C(=O)N[C@H](C)c1ccc2c(c1)OCCO2. The first-order valence-electron chi connectivity index (χ1n) is 9.00. The Balaban J connectivity index is 1.65. The number of fused-ring (bicyclic) bond motifs is 1. The largest absolute Gasteiger partial charge is 0.486 e. The third-order valence-corrected chi connectivity index (χ3v) is 4.36. The molecule has 138 valence electrons. The summed E-state index contributed by atoms with van der Waals surface area (Å²) in [6, 6.07) is 13.3. The van der Waals surface area contributed by atoms with Crippen LogP contribution in [0.25, 0.3) is 0 Å². The van der Waals surface area contributed by atoms with Crippen LogP contribution >= 0.6 is 0 Å². The Hall–Kier alpha value is -2.69. The van der Waals surface area contributed by atoms with Crippen LogP contribution < -0.4 is 19.5 Å². The second-order valence-corrected chi connectivity index (χ2v) is 6.46. The molecule has 0 aliphatic carbocycles. The smallest absolute Gasteiger partial charge is 0.261 e. The van der Waals surface area contributed by atoms with Gasteiger partial charge in [-0.25, -0.2) is 0 Å². The molecule has 5 heteroatoms. The normalized spacial score (nSPS) is 15.0. The molecular weight excluding hydrogens is 330 g/mol. The fourth-order valence-electron chi connectivity index (χ4n) is 2.89. The quantitative estimate of drug-likeness (QED) is 0.856. The average Bonchev–Trinajstić information content (AvgIpc) is 2.65. The van der Waals surface area contributed by atoms with Gasteiger partial charge in [0.1, 0.15) is 19.0 Å². The fourth-order valence-corrected chi connectivity index (χ4v) is 2.89. The lowest BCUT2D eigenvalue weighted by Gasteiger charge is -2.23. The van der Waals surface area contributed by atoms with Crippen molar-refractivity contribution in [1.29, 1.82) is 0 Å². The van der Waals surface area contributed by atoms with E-state index in [4.69, 9.17) is 14.2 Å². The predicted molar refractivity (Wildman–Crippen MR) is 99.9 cm³/mol. The highest BCUT2D eigenvalue weighted by Gasteiger charge is 2.22. The van der Waals surface area contributed by atoms with Crippen LogP contribution in [0.1, 0.15) is 37.4 Å². The van der Waals surface area contributed by atoms with Crippen LogP contribution in [0.15, 0.2) is 42.5 Å². The van der Waals surface area contributed by atoms with E-state index in [1.807, 2.05) is 63.2 Å². The summed E-state index contributed by atoms with van der Waals surface area (Å²) in [4.78, 5) is 12.6.